The van der Waals surface area contributed by atoms with Gasteiger partial charge in [-0.2, -0.15) is 0 Å². The maximum Gasteiger partial charge on any atom is 0.355 e. The Morgan fingerprint density at radius 1 is 1.39 bits per heavy atom. The summed E-state index contributed by atoms with van der Waals surface area (Å²) in [5.74, 6) is -1.45. The van der Waals surface area contributed by atoms with E-state index in [4.69, 9.17) is 5.11 Å². The Hall–Kier alpha value is -1.73. The molecule has 1 heterocycles. The standard InChI is InChI=1S/C11H7BrN2O3S/c12-7-3-1-2-6(4-7)9(15)14-11-13-8(5-18-11)10(16)17/h1-5H,(H,16,17)(H,13,14,15). The highest BCUT2D eigenvalue weighted by Gasteiger charge is 2.12. The summed E-state index contributed by atoms with van der Waals surface area (Å²) in [6.07, 6.45) is 0. The number of carbonyl (C=O) groups excluding carboxylic acids is 1. The number of halogens is 1. The van der Waals surface area contributed by atoms with Crippen LogP contribution in [0.25, 0.3) is 0 Å². The summed E-state index contributed by atoms with van der Waals surface area (Å²) in [5.41, 5.74) is 0.390. The van der Waals surface area contributed by atoms with Gasteiger partial charge in [-0.15, -0.1) is 11.3 Å². The van der Waals surface area contributed by atoms with E-state index in [2.05, 4.69) is 26.2 Å². The molecule has 18 heavy (non-hydrogen) atoms. The van der Waals surface area contributed by atoms with Gasteiger partial charge in [0.25, 0.3) is 5.91 Å². The van der Waals surface area contributed by atoms with Gasteiger partial charge in [0.1, 0.15) is 0 Å². The van der Waals surface area contributed by atoms with Gasteiger partial charge < -0.3 is 5.11 Å². The predicted octanol–water partition coefficient (Wildman–Crippen LogP) is 2.86. The van der Waals surface area contributed by atoms with Gasteiger partial charge in [0.05, 0.1) is 0 Å². The van der Waals surface area contributed by atoms with Crippen LogP contribution >= 0.6 is 27.3 Å². The molecule has 92 valence electrons. The summed E-state index contributed by atoms with van der Waals surface area (Å²) in [6.45, 7) is 0. The van der Waals surface area contributed by atoms with Crippen molar-refractivity contribution in [2.45, 2.75) is 0 Å². The first-order chi connectivity index (χ1) is 8.56. The van der Waals surface area contributed by atoms with Crippen molar-refractivity contribution in [2.75, 3.05) is 5.32 Å². The number of carboxylic acids is 1. The fourth-order valence-electron chi connectivity index (χ4n) is 1.23. The zero-order chi connectivity index (χ0) is 13.1. The van der Waals surface area contributed by atoms with E-state index in [-0.39, 0.29) is 16.7 Å². The fourth-order valence-corrected chi connectivity index (χ4v) is 2.31. The largest absolute Gasteiger partial charge is 0.476 e. The number of thiazole rings is 1. The molecule has 2 rings (SSSR count). The summed E-state index contributed by atoms with van der Waals surface area (Å²) in [6, 6.07) is 6.87. The first-order valence-corrected chi connectivity index (χ1v) is 6.49. The molecule has 0 radical (unpaired) electrons. The second-order valence-electron chi connectivity index (χ2n) is 3.31. The first kappa shape index (κ1) is 12.7. The molecule has 0 fully saturated rings. The molecular weight excluding hydrogens is 320 g/mol. The molecule has 1 aromatic carbocycles. The number of amides is 1. The first-order valence-electron chi connectivity index (χ1n) is 4.82. The number of carbonyl (C=O) groups is 2. The minimum Gasteiger partial charge on any atom is -0.476 e. The van der Waals surface area contributed by atoms with E-state index in [1.807, 2.05) is 6.07 Å². The lowest BCUT2D eigenvalue weighted by Crippen LogP contribution is -2.11. The van der Waals surface area contributed by atoms with E-state index in [0.29, 0.717) is 5.56 Å². The molecule has 0 unspecified atom stereocenters. The molecule has 1 aromatic heterocycles. The minimum absolute atomic E-state index is 0.0791. The topological polar surface area (TPSA) is 79.3 Å². The van der Waals surface area contributed by atoms with Crippen molar-refractivity contribution < 1.29 is 14.7 Å². The number of nitrogens with zero attached hydrogens (tertiary/aromatic N) is 1. The highest BCUT2D eigenvalue weighted by atomic mass is 79.9. The van der Waals surface area contributed by atoms with Gasteiger partial charge in [-0.1, -0.05) is 22.0 Å². The lowest BCUT2D eigenvalue weighted by Gasteiger charge is -2.01. The molecule has 1 amide bonds. The van der Waals surface area contributed by atoms with E-state index in [1.54, 1.807) is 18.2 Å². The molecule has 5 nitrogen and oxygen atoms in total. The highest BCUT2D eigenvalue weighted by Crippen LogP contribution is 2.17. The number of anilines is 1. The Bertz CT molecular complexity index is 612. The molecule has 2 aromatic rings. The number of hydrogen-bond donors (Lipinski definition) is 2. The fraction of sp³-hybridized carbons (Fsp3) is 0. The van der Waals surface area contributed by atoms with Crippen molar-refractivity contribution in [2.24, 2.45) is 0 Å². The normalized spacial score (nSPS) is 10.1. The maximum absolute atomic E-state index is 11.8. The molecule has 0 spiro atoms. The minimum atomic E-state index is -1.12. The smallest absolute Gasteiger partial charge is 0.355 e. The Labute approximate surface area is 115 Å². The summed E-state index contributed by atoms with van der Waals surface area (Å²) in [5, 5.41) is 12.9. The van der Waals surface area contributed by atoms with Crippen LogP contribution in [0, 0.1) is 0 Å². The van der Waals surface area contributed by atoms with Crippen LogP contribution < -0.4 is 5.32 Å². The second-order valence-corrected chi connectivity index (χ2v) is 5.08. The molecule has 0 atom stereocenters. The maximum atomic E-state index is 11.8. The van der Waals surface area contributed by atoms with Crippen molar-refractivity contribution >= 4 is 44.3 Å². The summed E-state index contributed by atoms with van der Waals surface area (Å²) in [7, 11) is 0. The Morgan fingerprint density at radius 3 is 2.78 bits per heavy atom. The van der Waals surface area contributed by atoms with Crippen LogP contribution in [0.4, 0.5) is 5.13 Å². The average Bonchev–Trinajstić information content (AvgIpc) is 2.77. The van der Waals surface area contributed by atoms with E-state index in [9.17, 15) is 9.59 Å². The Kier molecular flexibility index (Phi) is 3.73. The number of nitrogens with one attached hydrogen (secondary N) is 1. The van der Waals surface area contributed by atoms with E-state index in [1.165, 1.54) is 5.38 Å². The van der Waals surface area contributed by atoms with E-state index >= 15 is 0 Å². The van der Waals surface area contributed by atoms with Gasteiger partial charge in [0.2, 0.25) is 0 Å². The Balaban J connectivity index is 2.13. The molecular formula is C11H7BrN2O3S. The average molecular weight is 327 g/mol. The summed E-state index contributed by atoms with van der Waals surface area (Å²) >= 11 is 4.34. The predicted molar refractivity (Wildman–Crippen MR) is 71.2 cm³/mol. The SMILES string of the molecule is O=C(Nc1nc(C(=O)O)cs1)c1cccc(Br)c1. The molecule has 0 saturated carbocycles. The zero-order valence-corrected chi connectivity index (χ0v) is 11.3. The van der Waals surface area contributed by atoms with Gasteiger partial charge >= 0.3 is 5.97 Å². The number of rotatable bonds is 3. The molecule has 0 saturated heterocycles. The van der Waals surface area contributed by atoms with Crippen molar-refractivity contribution in [3.05, 3.63) is 45.4 Å². The van der Waals surface area contributed by atoms with E-state index < -0.39 is 5.97 Å². The lowest BCUT2D eigenvalue weighted by atomic mass is 10.2. The molecule has 7 heteroatoms. The number of hydrogen-bond acceptors (Lipinski definition) is 4. The molecule has 0 aliphatic carbocycles. The third-order valence-electron chi connectivity index (χ3n) is 2.03. The quantitative estimate of drug-likeness (QED) is 0.908. The van der Waals surface area contributed by atoms with Gasteiger partial charge in [-0.05, 0) is 18.2 Å². The van der Waals surface area contributed by atoms with Crippen LogP contribution in [0.5, 0.6) is 0 Å². The Morgan fingerprint density at radius 2 is 2.17 bits per heavy atom. The summed E-state index contributed by atoms with van der Waals surface area (Å²) in [4.78, 5) is 26.2. The summed E-state index contributed by atoms with van der Waals surface area (Å²) < 4.78 is 0.792. The zero-order valence-electron chi connectivity index (χ0n) is 8.88. The van der Waals surface area contributed by atoms with Crippen molar-refractivity contribution in [1.82, 2.24) is 4.98 Å². The number of benzene rings is 1. The van der Waals surface area contributed by atoms with Crippen molar-refractivity contribution in [3.8, 4) is 0 Å². The number of aromatic carboxylic acids is 1. The van der Waals surface area contributed by atoms with Gasteiger partial charge in [0, 0.05) is 15.4 Å². The second kappa shape index (κ2) is 5.28. The number of carboxylic acid groups (broad SMARTS) is 1. The molecule has 2 N–H and O–H groups in total. The van der Waals surface area contributed by atoms with Crippen molar-refractivity contribution in [3.63, 3.8) is 0 Å². The number of aromatic nitrogens is 1. The van der Waals surface area contributed by atoms with Crippen LogP contribution in [0.1, 0.15) is 20.8 Å². The van der Waals surface area contributed by atoms with Gasteiger partial charge in [-0.3, -0.25) is 10.1 Å². The molecule has 0 aliphatic heterocycles. The van der Waals surface area contributed by atoms with Crippen LogP contribution in [0.15, 0.2) is 34.1 Å². The van der Waals surface area contributed by atoms with Crippen LogP contribution in [0.3, 0.4) is 0 Å². The van der Waals surface area contributed by atoms with Crippen LogP contribution in [0.2, 0.25) is 0 Å². The molecule has 0 aliphatic rings. The van der Waals surface area contributed by atoms with Crippen LogP contribution in [-0.2, 0) is 0 Å². The third-order valence-corrected chi connectivity index (χ3v) is 3.28. The lowest BCUT2D eigenvalue weighted by molar-refractivity contribution is 0.0691. The van der Waals surface area contributed by atoms with Crippen LogP contribution in [-0.4, -0.2) is 22.0 Å². The van der Waals surface area contributed by atoms with Gasteiger partial charge in [-0.25, -0.2) is 9.78 Å². The van der Waals surface area contributed by atoms with Gasteiger partial charge in [0.15, 0.2) is 10.8 Å². The third kappa shape index (κ3) is 2.93. The highest BCUT2D eigenvalue weighted by molar-refractivity contribution is 9.10. The van der Waals surface area contributed by atoms with Crippen molar-refractivity contribution in [1.29, 1.82) is 0 Å². The molecule has 0 bridgehead atoms. The monoisotopic (exact) mass is 326 g/mol. The van der Waals surface area contributed by atoms with E-state index in [0.717, 1.165) is 15.8 Å².